The van der Waals surface area contributed by atoms with Crippen LogP contribution >= 0.6 is 0 Å². The van der Waals surface area contributed by atoms with Crippen LogP contribution in [0.2, 0.25) is 0 Å². The predicted molar refractivity (Wildman–Crippen MR) is 79.5 cm³/mol. The van der Waals surface area contributed by atoms with Crippen LogP contribution < -0.4 is 10.6 Å². The number of rotatable bonds is 0. The third-order valence-corrected chi connectivity index (χ3v) is 3.71. The van der Waals surface area contributed by atoms with E-state index in [4.69, 9.17) is 0 Å². The van der Waals surface area contributed by atoms with Gasteiger partial charge in [0.2, 0.25) is 0 Å². The third-order valence-electron chi connectivity index (χ3n) is 3.71. The summed E-state index contributed by atoms with van der Waals surface area (Å²) < 4.78 is 0. The lowest BCUT2D eigenvalue weighted by Crippen LogP contribution is -2.23. The SMILES string of the molecule is O=C1NCc2ccccc21.c1ccc2c(c1)CCNC2. The van der Waals surface area contributed by atoms with Gasteiger partial charge in [-0.3, -0.25) is 4.79 Å². The second-order valence-electron chi connectivity index (χ2n) is 5.04. The summed E-state index contributed by atoms with van der Waals surface area (Å²) in [6.45, 7) is 2.88. The van der Waals surface area contributed by atoms with E-state index in [1.165, 1.54) is 17.5 Å². The number of hydrogen-bond acceptors (Lipinski definition) is 2. The molecular formula is C17H18N2O. The summed E-state index contributed by atoms with van der Waals surface area (Å²) in [6.07, 6.45) is 1.19. The lowest BCUT2D eigenvalue weighted by atomic mass is 10.0. The minimum Gasteiger partial charge on any atom is -0.348 e. The molecule has 0 aliphatic carbocycles. The molecule has 1 amide bonds. The van der Waals surface area contributed by atoms with Crippen LogP contribution in [-0.2, 0) is 19.5 Å². The van der Waals surface area contributed by atoms with E-state index in [-0.39, 0.29) is 5.91 Å². The highest BCUT2D eigenvalue weighted by atomic mass is 16.1. The molecule has 2 aromatic rings. The molecule has 0 spiro atoms. The minimum absolute atomic E-state index is 0.0515. The topological polar surface area (TPSA) is 41.1 Å². The lowest BCUT2D eigenvalue weighted by Gasteiger charge is -2.15. The molecule has 2 aliphatic heterocycles. The van der Waals surface area contributed by atoms with Gasteiger partial charge in [-0.05, 0) is 35.7 Å². The van der Waals surface area contributed by atoms with E-state index in [2.05, 4.69) is 34.9 Å². The first-order valence-corrected chi connectivity index (χ1v) is 6.98. The number of amides is 1. The molecule has 3 heteroatoms. The molecule has 2 N–H and O–H groups in total. The number of carbonyl (C=O) groups is 1. The summed E-state index contributed by atoms with van der Waals surface area (Å²) in [4.78, 5) is 11.0. The summed E-state index contributed by atoms with van der Waals surface area (Å²) >= 11 is 0. The fourth-order valence-electron chi connectivity index (χ4n) is 2.59. The van der Waals surface area contributed by atoms with Gasteiger partial charge in [0.25, 0.3) is 5.91 Å². The van der Waals surface area contributed by atoms with E-state index in [1.54, 1.807) is 0 Å². The summed E-state index contributed by atoms with van der Waals surface area (Å²) in [7, 11) is 0. The Kier molecular flexibility index (Phi) is 3.79. The first-order chi connectivity index (χ1) is 9.84. The lowest BCUT2D eigenvalue weighted by molar-refractivity contribution is 0.0966. The average molecular weight is 266 g/mol. The van der Waals surface area contributed by atoms with Crippen molar-refractivity contribution in [3.8, 4) is 0 Å². The molecule has 0 bridgehead atoms. The molecule has 0 aromatic heterocycles. The smallest absolute Gasteiger partial charge is 0.251 e. The van der Waals surface area contributed by atoms with Crippen molar-refractivity contribution < 1.29 is 4.79 Å². The van der Waals surface area contributed by atoms with Crippen LogP contribution in [-0.4, -0.2) is 12.5 Å². The average Bonchev–Trinajstić information content (AvgIpc) is 2.90. The van der Waals surface area contributed by atoms with Gasteiger partial charge < -0.3 is 10.6 Å². The van der Waals surface area contributed by atoms with Crippen LogP contribution in [0.4, 0.5) is 0 Å². The summed E-state index contributed by atoms with van der Waals surface area (Å²) in [6, 6.07) is 16.3. The van der Waals surface area contributed by atoms with Crippen LogP contribution in [0.15, 0.2) is 48.5 Å². The van der Waals surface area contributed by atoms with Crippen LogP contribution in [0, 0.1) is 0 Å². The number of fused-ring (bicyclic) bond motifs is 2. The van der Waals surface area contributed by atoms with Gasteiger partial charge in [-0.2, -0.15) is 0 Å². The Labute approximate surface area is 119 Å². The zero-order valence-corrected chi connectivity index (χ0v) is 11.4. The quantitative estimate of drug-likeness (QED) is 0.768. The molecule has 0 saturated carbocycles. The van der Waals surface area contributed by atoms with E-state index in [0.29, 0.717) is 6.54 Å². The fraction of sp³-hybridized carbons (Fsp3) is 0.235. The van der Waals surface area contributed by atoms with Crippen molar-refractivity contribution in [2.75, 3.05) is 6.54 Å². The second-order valence-corrected chi connectivity index (χ2v) is 5.04. The van der Waals surface area contributed by atoms with Crippen LogP contribution in [0.1, 0.15) is 27.0 Å². The zero-order valence-electron chi connectivity index (χ0n) is 11.4. The highest BCUT2D eigenvalue weighted by Gasteiger charge is 2.16. The van der Waals surface area contributed by atoms with Gasteiger partial charge in [0, 0.05) is 18.7 Å². The van der Waals surface area contributed by atoms with E-state index >= 15 is 0 Å². The Morgan fingerprint density at radius 1 is 0.800 bits per heavy atom. The van der Waals surface area contributed by atoms with Crippen molar-refractivity contribution >= 4 is 5.91 Å². The van der Waals surface area contributed by atoms with Crippen molar-refractivity contribution in [3.63, 3.8) is 0 Å². The molecule has 2 heterocycles. The Bertz CT molecular complexity index is 597. The number of nitrogens with one attached hydrogen (secondary N) is 2. The molecule has 20 heavy (non-hydrogen) atoms. The minimum atomic E-state index is 0.0515. The summed E-state index contributed by atoms with van der Waals surface area (Å²) in [5.74, 6) is 0.0515. The highest BCUT2D eigenvalue weighted by molar-refractivity contribution is 5.98. The molecule has 0 unspecified atom stereocenters. The highest BCUT2D eigenvalue weighted by Crippen LogP contribution is 2.13. The largest absolute Gasteiger partial charge is 0.348 e. The Morgan fingerprint density at radius 2 is 1.50 bits per heavy atom. The van der Waals surface area contributed by atoms with Gasteiger partial charge in [-0.25, -0.2) is 0 Å². The van der Waals surface area contributed by atoms with Gasteiger partial charge in [0.1, 0.15) is 0 Å². The number of benzene rings is 2. The normalized spacial score (nSPS) is 15.5. The Hall–Kier alpha value is -2.13. The monoisotopic (exact) mass is 266 g/mol. The third kappa shape index (κ3) is 2.73. The molecule has 102 valence electrons. The molecule has 0 radical (unpaired) electrons. The van der Waals surface area contributed by atoms with Gasteiger partial charge >= 0.3 is 0 Å². The van der Waals surface area contributed by atoms with Crippen LogP contribution in [0.25, 0.3) is 0 Å². The molecule has 0 saturated heterocycles. The molecule has 0 atom stereocenters. The van der Waals surface area contributed by atoms with E-state index in [9.17, 15) is 4.79 Å². The maximum Gasteiger partial charge on any atom is 0.251 e. The Morgan fingerprint density at radius 3 is 2.25 bits per heavy atom. The zero-order chi connectivity index (χ0) is 13.8. The summed E-state index contributed by atoms with van der Waals surface area (Å²) in [5.41, 5.74) is 4.91. The molecule has 2 aliphatic rings. The van der Waals surface area contributed by atoms with Gasteiger partial charge in [-0.15, -0.1) is 0 Å². The van der Waals surface area contributed by atoms with E-state index < -0.39 is 0 Å². The molecule has 3 nitrogen and oxygen atoms in total. The summed E-state index contributed by atoms with van der Waals surface area (Å²) in [5, 5.41) is 6.09. The molecular weight excluding hydrogens is 248 g/mol. The van der Waals surface area contributed by atoms with Gasteiger partial charge in [0.05, 0.1) is 0 Å². The predicted octanol–water partition coefficient (Wildman–Crippen LogP) is 2.26. The van der Waals surface area contributed by atoms with Crippen molar-refractivity contribution in [3.05, 3.63) is 70.8 Å². The first-order valence-electron chi connectivity index (χ1n) is 6.98. The molecule has 0 fully saturated rings. The first kappa shape index (κ1) is 12.9. The second kappa shape index (κ2) is 5.88. The van der Waals surface area contributed by atoms with Gasteiger partial charge in [-0.1, -0.05) is 42.5 Å². The van der Waals surface area contributed by atoms with E-state index in [0.717, 1.165) is 24.2 Å². The maximum absolute atomic E-state index is 11.0. The fourth-order valence-corrected chi connectivity index (χ4v) is 2.59. The molecule has 4 rings (SSSR count). The van der Waals surface area contributed by atoms with Crippen molar-refractivity contribution in [2.45, 2.75) is 19.5 Å². The Balaban J connectivity index is 0.000000121. The van der Waals surface area contributed by atoms with Gasteiger partial charge in [0.15, 0.2) is 0 Å². The van der Waals surface area contributed by atoms with Crippen molar-refractivity contribution in [1.29, 1.82) is 0 Å². The van der Waals surface area contributed by atoms with Crippen LogP contribution in [0.5, 0.6) is 0 Å². The van der Waals surface area contributed by atoms with Crippen molar-refractivity contribution in [1.82, 2.24) is 10.6 Å². The number of hydrogen-bond donors (Lipinski definition) is 2. The maximum atomic E-state index is 11.0. The standard InChI is InChI=1S/C9H11N.C8H7NO/c1-2-4-9-7-10-6-5-8(9)3-1;10-8-7-4-2-1-3-6(7)5-9-8/h1-4,10H,5-7H2;1-4H,5H2,(H,9,10). The van der Waals surface area contributed by atoms with Crippen molar-refractivity contribution in [2.24, 2.45) is 0 Å². The van der Waals surface area contributed by atoms with E-state index in [1.807, 2.05) is 24.3 Å². The number of carbonyl (C=O) groups excluding carboxylic acids is 1. The molecule has 2 aromatic carbocycles. The van der Waals surface area contributed by atoms with Crippen LogP contribution in [0.3, 0.4) is 0 Å².